The maximum absolute atomic E-state index is 4.72. The summed E-state index contributed by atoms with van der Waals surface area (Å²) in [7, 11) is 0. The Morgan fingerprint density at radius 2 is 1.57 bits per heavy atom. The molecule has 3 rings (SSSR count). The molecule has 0 saturated heterocycles. The molecule has 1 aromatic carbocycles. The summed E-state index contributed by atoms with van der Waals surface area (Å²) in [6.45, 7) is 8.72. The Labute approximate surface area is 140 Å². The van der Waals surface area contributed by atoms with Crippen LogP contribution in [-0.4, -0.2) is 10.8 Å². The lowest BCUT2D eigenvalue weighted by atomic mass is 9.95. The highest BCUT2D eigenvalue weighted by Crippen LogP contribution is 2.32. The van der Waals surface area contributed by atoms with Crippen molar-refractivity contribution in [2.24, 2.45) is 4.99 Å². The Hall–Kier alpha value is -1.83. The highest BCUT2D eigenvalue weighted by Gasteiger charge is 2.19. The number of benzene rings is 1. The summed E-state index contributed by atoms with van der Waals surface area (Å²) in [6, 6.07) is 9.45. The fourth-order valence-corrected chi connectivity index (χ4v) is 4.00. The van der Waals surface area contributed by atoms with E-state index in [0.29, 0.717) is 6.04 Å². The summed E-state index contributed by atoms with van der Waals surface area (Å²) in [4.78, 5) is 4.72. The van der Waals surface area contributed by atoms with Crippen LogP contribution in [0.3, 0.4) is 0 Å². The van der Waals surface area contributed by atoms with Gasteiger partial charge in [0.25, 0.3) is 0 Å². The van der Waals surface area contributed by atoms with Gasteiger partial charge in [0.1, 0.15) is 0 Å². The van der Waals surface area contributed by atoms with Gasteiger partial charge >= 0.3 is 0 Å². The molecular weight excluding hydrogens is 280 g/mol. The van der Waals surface area contributed by atoms with E-state index in [4.69, 9.17) is 4.99 Å². The van der Waals surface area contributed by atoms with Crippen molar-refractivity contribution in [2.45, 2.75) is 65.8 Å². The molecule has 0 amide bonds. The van der Waals surface area contributed by atoms with Gasteiger partial charge < -0.3 is 4.57 Å². The van der Waals surface area contributed by atoms with Crippen molar-refractivity contribution in [1.82, 2.24) is 4.57 Å². The van der Waals surface area contributed by atoms with E-state index in [2.05, 4.69) is 56.5 Å². The number of rotatable bonds is 3. The van der Waals surface area contributed by atoms with E-state index in [-0.39, 0.29) is 0 Å². The minimum absolute atomic E-state index is 0.687. The van der Waals surface area contributed by atoms with E-state index < -0.39 is 0 Å². The normalized spacial score (nSPS) is 16.3. The predicted molar refractivity (Wildman–Crippen MR) is 99.2 cm³/mol. The number of aliphatic imine (C=N–C) groups is 1. The number of aromatic nitrogens is 1. The predicted octanol–water partition coefficient (Wildman–Crippen LogP) is 5.98. The SMILES string of the molecule is Cc1cc(C)cc(N=Cc2cc(C)n(C3CCCCC3)c2C)c1. The Kier molecular flexibility index (Phi) is 4.70. The van der Waals surface area contributed by atoms with Gasteiger partial charge in [-0.25, -0.2) is 0 Å². The van der Waals surface area contributed by atoms with Crippen molar-refractivity contribution in [1.29, 1.82) is 0 Å². The molecule has 0 radical (unpaired) electrons. The van der Waals surface area contributed by atoms with Crippen LogP contribution >= 0.6 is 0 Å². The molecule has 2 heteroatoms. The minimum Gasteiger partial charge on any atom is -0.345 e. The number of hydrogen-bond donors (Lipinski definition) is 0. The van der Waals surface area contributed by atoms with Gasteiger partial charge in [-0.05, 0) is 69.9 Å². The van der Waals surface area contributed by atoms with E-state index in [1.807, 2.05) is 6.21 Å². The van der Waals surface area contributed by atoms with Gasteiger partial charge in [0.15, 0.2) is 0 Å². The summed E-state index contributed by atoms with van der Waals surface area (Å²) >= 11 is 0. The van der Waals surface area contributed by atoms with Crippen molar-refractivity contribution in [3.05, 3.63) is 52.3 Å². The van der Waals surface area contributed by atoms with Crippen LogP contribution in [-0.2, 0) is 0 Å². The topological polar surface area (TPSA) is 17.3 Å². The Balaban J connectivity index is 1.87. The average Bonchev–Trinajstić information content (AvgIpc) is 2.79. The van der Waals surface area contributed by atoms with Gasteiger partial charge in [0.2, 0.25) is 0 Å². The summed E-state index contributed by atoms with van der Waals surface area (Å²) in [5, 5.41) is 0. The second kappa shape index (κ2) is 6.74. The lowest BCUT2D eigenvalue weighted by Crippen LogP contribution is -2.15. The third-order valence-electron chi connectivity index (χ3n) is 5.02. The molecule has 0 bridgehead atoms. The largest absolute Gasteiger partial charge is 0.345 e. The second-order valence-corrected chi connectivity index (χ2v) is 7.09. The molecular formula is C21H28N2. The van der Waals surface area contributed by atoms with Gasteiger partial charge in [0.05, 0.1) is 5.69 Å². The molecule has 23 heavy (non-hydrogen) atoms. The number of hydrogen-bond acceptors (Lipinski definition) is 1. The fourth-order valence-electron chi connectivity index (χ4n) is 4.00. The maximum Gasteiger partial charge on any atom is 0.0635 e. The molecule has 0 N–H and O–H groups in total. The maximum atomic E-state index is 4.72. The molecule has 1 aliphatic carbocycles. The van der Waals surface area contributed by atoms with Crippen LogP contribution in [0, 0.1) is 27.7 Å². The lowest BCUT2D eigenvalue weighted by molar-refractivity contribution is 0.346. The van der Waals surface area contributed by atoms with Crippen LogP contribution < -0.4 is 0 Å². The minimum atomic E-state index is 0.687. The molecule has 1 heterocycles. The number of aryl methyl sites for hydroxylation is 3. The first-order valence-electron chi connectivity index (χ1n) is 8.85. The van der Waals surface area contributed by atoms with Crippen LogP contribution in [0.2, 0.25) is 0 Å². The summed E-state index contributed by atoms with van der Waals surface area (Å²) < 4.78 is 2.54. The third kappa shape index (κ3) is 3.57. The van der Waals surface area contributed by atoms with Gasteiger partial charge in [-0.2, -0.15) is 0 Å². The Morgan fingerprint density at radius 3 is 2.22 bits per heavy atom. The highest BCUT2D eigenvalue weighted by molar-refractivity contribution is 5.84. The summed E-state index contributed by atoms with van der Waals surface area (Å²) in [6.07, 6.45) is 8.82. The Bertz CT molecular complexity index is 695. The zero-order valence-corrected chi connectivity index (χ0v) is 14.9. The standard InChI is InChI=1S/C21H28N2/c1-15-10-16(2)12-20(11-15)22-14-19-13-17(3)23(18(19)4)21-8-6-5-7-9-21/h10-14,21H,5-9H2,1-4H3. The monoisotopic (exact) mass is 308 g/mol. The molecule has 122 valence electrons. The van der Waals surface area contributed by atoms with Gasteiger partial charge in [-0.3, -0.25) is 4.99 Å². The van der Waals surface area contributed by atoms with Crippen LogP contribution in [0.25, 0.3) is 0 Å². The first-order chi connectivity index (χ1) is 11.0. The highest BCUT2D eigenvalue weighted by atomic mass is 15.0. The molecule has 1 fully saturated rings. The summed E-state index contributed by atoms with van der Waals surface area (Å²) in [5.41, 5.74) is 7.57. The second-order valence-electron chi connectivity index (χ2n) is 7.09. The fraction of sp³-hybridized carbons (Fsp3) is 0.476. The van der Waals surface area contributed by atoms with Crippen LogP contribution in [0.1, 0.15) is 66.2 Å². The third-order valence-corrected chi connectivity index (χ3v) is 5.02. The van der Waals surface area contributed by atoms with Crippen LogP contribution in [0.5, 0.6) is 0 Å². The van der Waals surface area contributed by atoms with Crippen molar-refractivity contribution in [2.75, 3.05) is 0 Å². The smallest absolute Gasteiger partial charge is 0.0635 e. The van der Waals surface area contributed by atoms with Crippen molar-refractivity contribution in [3.63, 3.8) is 0 Å². The molecule has 0 spiro atoms. The first-order valence-corrected chi connectivity index (χ1v) is 8.85. The quantitative estimate of drug-likeness (QED) is 0.621. The molecule has 0 aliphatic heterocycles. The van der Waals surface area contributed by atoms with E-state index in [1.54, 1.807) is 0 Å². The molecule has 2 aromatic rings. The first kappa shape index (κ1) is 16.0. The molecule has 1 saturated carbocycles. The van der Waals surface area contributed by atoms with E-state index >= 15 is 0 Å². The van der Waals surface area contributed by atoms with Crippen molar-refractivity contribution < 1.29 is 0 Å². The van der Waals surface area contributed by atoms with Gasteiger partial charge in [0, 0.05) is 29.2 Å². The average molecular weight is 308 g/mol. The molecule has 0 unspecified atom stereocenters. The molecule has 2 nitrogen and oxygen atoms in total. The molecule has 1 aromatic heterocycles. The Morgan fingerprint density at radius 1 is 0.913 bits per heavy atom. The van der Waals surface area contributed by atoms with Crippen molar-refractivity contribution >= 4 is 11.9 Å². The zero-order chi connectivity index (χ0) is 16.4. The van der Waals surface area contributed by atoms with E-state index in [0.717, 1.165) is 5.69 Å². The van der Waals surface area contributed by atoms with Crippen molar-refractivity contribution in [3.8, 4) is 0 Å². The molecule has 1 aliphatic rings. The number of nitrogens with zero attached hydrogens (tertiary/aromatic N) is 2. The lowest BCUT2D eigenvalue weighted by Gasteiger charge is -2.26. The molecule has 0 atom stereocenters. The van der Waals surface area contributed by atoms with Gasteiger partial charge in [-0.15, -0.1) is 0 Å². The van der Waals surface area contributed by atoms with E-state index in [9.17, 15) is 0 Å². The van der Waals surface area contributed by atoms with Crippen LogP contribution in [0.15, 0.2) is 29.3 Å². The van der Waals surface area contributed by atoms with E-state index in [1.165, 1.54) is 60.2 Å². The summed E-state index contributed by atoms with van der Waals surface area (Å²) in [5.74, 6) is 0. The van der Waals surface area contributed by atoms with Gasteiger partial charge in [-0.1, -0.05) is 25.3 Å². The van der Waals surface area contributed by atoms with Crippen LogP contribution in [0.4, 0.5) is 5.69 Å². The zero-order valence-electron chi connectivity index (χ0n) is 14.9.